The highest BCUT2D eigenvalue weighted by molar-refractivity contribution is 6.33. The molecule has 1 aromatic heterocycles. The molecule has 0 radical (unpaired) electrons. The van der Waals surface area contributed by atoms with Crippen LogP contribution in [0.4, 0.5) is 10.5 Å². The number of fused-ring (bicyclic) bond motifs is 1. The molecule has 2 fully saturated rings. The molecule has 2 aliphatic carbocycles. The fraction of sp³-hybridized carbons (Fsp3) is 0.452. The minimum Gasteiger partial charge on any atom is -0.506 e. The number of carbonyl (C=O) groups excluding carboxylic acids is 2. The molecule has 0 bridgehead atoms. The number of hydrogen-bond acceptors (Lipinski definition) is 11. The first-order valence-electron chi connectivity index (χ1n) is 19.2. The number of nitrogens with zero attached hydrogens (tertiary/aromatic N) is 1. The van der Waals surface area contributed by atoms with Gasteiger partial charge in [-0.05, 0) is 93.7 Å². The molecule has 1 amide bonds. The standard InChI is InChI=1S/C42H51ClN4O9/c1-47(29-12-10-28(11-13-29)42(18-6-7-19-42)56-40(52)39(51)26-8-4-3-5-9-26)20-21-55-41(53)45-33-23-36(54-2)27(22-32(33)43)24-44-25-35(49)30-14-16-34(48)38-31(30)15-17-37(50)46-38/h3-5,8-9,14-17,22-23,28-29,35,39,44,48-49,51H,6-7,10-13,18-21,24-25H2,1-2H3,(H,45,53)(H,46,50)/t28-,29-,35?,39-/m1/s1. The zero-order chi connectivity index (χ0) is 39.8. The van der Waals surface area contributed by atoms with Crippen molar-refractivity contribution < 1.29 is 39.1 Å². The summed E-state index contributed by atoms with van der Waals surface area (Å²) < 4.78 is 17.2. The number of esters is 1. The van der Waals surface area contributed by atoms with Crippen molar-refractivity contribution >= 4 is 40.3 Å². The van der Waals surface area contributed by atoms with Crippen LogP contribution in [0.15, 0.2) is 71.5 Å². The molecular formula is C42H51ClN4O9. The SMILES string of the molecule is COc1cc(NC(=O)OCCN(C)[C@H]2CC[C@H](C3(OC(=O)[C@H](O)c4ccccc4)CCCC3)CC2)c(Cl)cc1CNCC(O)c1ccc(O)c2[nH]c(=O)ccc12. The number of likely N-dealkylation sites (N-methyl/N-ethyl adjacent to an activating group) is 1. The number of nitrogens with one attached hydrogen (secondary N) is 3. The van der Waals surface area contributed by atoms with E-state index in [0.29, 0.717) is 46.1 Å². The van der Waals surface area contributed by atoms with Crippen molar-refractivity contribution in [2.24, 2.45) is 5.92 Å². The molecule has 56 heavy (non-hydrogen) atoms. The highest BCUT2D eigenvalue weighted by atomic mass is 35.5. The van der Waals surface area contributed by atoms with Crippen molar-refractivity contribution in [1.82, 2.24) is 15.2 Å². The summed E-state index contributed by atoms with van der Waals surface area (Å²) in [5.41, 5.74) is 1.46. The molecule has 0 spiro atoms. The van der Waals surface area contributed by atoms with Crippen LogP contribution in [0.2, 0.25) is 5.02 Å². The number of phenolic OH excluding ortho intramolecular Hbond substituents is 1. The molecular weight excluding hydrogens is 740 g/mol. The number of hydrogen-bond donors (Lipinski definition) is 6. The summed E-state index contributed by atoms with van der Waals surface area (Å²) in [7, 11) is 3.53. The number of rotatable bonds is 15. The number of anilines is 1. The van der Waals surface area contributed by atoms with Gasteiger partial charge in [-0.25, -0.2) is 9.59 Å². The number of H-pyrrole nitrogens is 1. The van der Waals surface area contributed by atoms with Gasteiger partial charge in [0.1, 0.15) is 23.7 Å². The molecule has 2 aliphatic rings. The lowest BCUT2D eigenvalue weighted by atomic mass is 9.74. The molecule has 13 nitrogen and oxygen atoms in total. The monoisotopic (exact) mass is 790 g/mol. The molecule has 1 heterocycles. The van der Waals surface area contributed by atoms with Crippen LogP contribution in [0.1, 0.15) is 80.3 Å². The van der Waals surface area contributed by atoms with Crippen LogP contribution in [0.3, 0.4) is 0 Å². The Bertz CT molecular complexity index is 2030. The van der Waals surface area contributed by atoms with Crippen LogP contribution in [0, 0.1) is 5.92 Å². The van der Waals surface area contributed by atoms with Crippen LogP contribution < -0.4 is 20.9 Å². The number of aliphatic hydroxyl groups is 2. The Morgan fingerprint density at radius 3 is 2.46 bits per heavy atom. The Balaban J connectivity index is 0.946. The first-order chi connectivity index (χ1) is 27.0. The van der Waals surface area contributed by atoms with Gasteiger partial charge in [-0.2, -0.15) is 0 Å². The minimum atomic E-state index is -1.29. The van der Waals surface area contributed by atoms with Crippen LogP contribution in [0.25, 0.3) is 10.9 Å². The first-order valence-corrected chi connectivity index (χ1v) is 19.6. The Hall–Kier alpha value is -4.66. The second-order valence-electron chi connectivity index (χ2n) is 14.8. The normalized spacial score (nSPS) is 19.0. The number of ether oxygens (including phenoxy) is 3. The Labute approximate surface area is 330 Å². The smallest absolute Gasteiger partial charge is 0.411 e. The van der Waals surface area contributed by atoms with Gasteiger partial charge >= 0.3 is 12.1 Å². The first kappa shape index (κ1) is 41.0. The topological polar surface area (TPSA) is 183 Å². The second kappa shape index (κ2) is 18.5. The van der Waals surface area contributed by atoms with Crippen molar-refractivity contribution in [1.29, 1.82) is 0 Å². The van der Waals surface area contributed by atoms with Gasteiger partial charge in [0.25, 0.3) is 0 Å². The average Bonchev–Trinajstić information content (AvgIpc) is 3.68. The molecule has 3 aromatic carbocycles. The predicted molar refractivity (Wildman–Crippen MR) is 213 cm³/mol. The largest absolute Gasteiger partial charge is 0.506 e. The number of aromatic nitrogens is 1. The van der Waals surface area contributed by atoms with E-state index in [4.69, 9.17) is 25.8 Å². The maximum Gasteiger partial charge on any atom is 0.411 e. The van der Waals surface area contributed by atoms with Gasteiger partial charge in [0.05, 0.1) is 29.4 Å². The van der Waals surface area contributed by atoms with E-state index in [0.717, 1.165) is 51.4 Å². The summed E-state index contributed by atoms with van der Waals surface area (Å²) in [5.74, 6) is 0.0448. The van der Waals surface area contributed by atoms with Crippen LogP contribution in [0.5, 0.6) is 11.5 Å². The number of carbonyl (C=O) groups is 2. The molecule has 0 aliphatic heterocycles. The van der Waals surface area contributed by atoms with E-state index in [1.54, 1.807) is 48.5 Å². The predicted octanol–water partition coefficient (Wildman–Crippen LogP) is 6.35. The molecule has 2 atom stereocenters. The van der Waals surface area contributed by atoms with E-state index in [2.05, 4.69) is 20.5 Å². The zero-order valence-corrected chi connectivity index (χ0v) is 32.5. The molecule has 6 rings (SSSR count). The molecule has 14 heteroatoms. The third-order valence-corrected chi connectivity index (χ3v) is 11.7. The molecule has 300 valence electrons. The lowest BCUT2D eigenvalue weighted by Crippen LogP contribution is -2.46. The lowest BCUT2D eigenvalue weighted by molar-refractivity contribution is -0.178. The molecule has 1 unspecified atom stereocenters. The number of aromatic amines is 1. The zero-order valence-electron chi connectivity index (χ0n) is 31.8. The van der Waals surface area contributed by atoms with Crippen molar-refractivity contribution in [3.63, 3.8) is 0 Å². The number of phenols is 1. The van der Waals surface area contributed by atoms with Crippen molar-refractivity contribution in [3.8, 4) is 11.5 Å². The molecule has 6 N–H and O–H groups in total. The minimum absolute atomic E-state index is 0.0854. The summed E-state index contributed by atoms with van der Waals surface area (Å²) in [4.78, 5) is 42.4. The van der Waals surface area contributed by atoms with Gasteiger partial charge in [0.2, 0.25) is 5.56 Å². The highest BCUT2D eigenvalue weighted by Crippen LogP contribution is 2.46. The van der Waals surface area contributed by atoms with Gasteiger partial charge < -0.3 is 44.7 Å². The van der Waals surface area contributed by atoms with E-state index in [9.17, 15) is 29.7 Å². The van der Waals surface area contributed by atoms with E-state index < -0.39 is 29.9 Å². The van der Waals surface area contributed by atoms with Crippen LogP contribution in [-0.4, -0.2) is 82.8 Å². The fourth-order valence-electron chi connectivity index (χ4n) is 8.27. The Morgan fingerprint density at radius 1 is 1.02 bits per heavy atom. The summed E-state index contributed by atoms with van der Waals surface area (Å²) in [6.07, 6.45) is 4.44. The summed E-state index contributed by atoms with van der Waals surface area (Å²) in [6, 6.07) is 18.4. The van der Waals surface area contributed by atoms with Crippen LogP contribution >= 0.6 is 11.6 Å². The maximum atomic E-state index is 13.1. The van der Waals surface area contributed by atoms with Gasteiger partial charge in [0.15, 0.2) is 6.10 Å². The van der Waals surface area contributed by atoms with E-state index in [-0.39, 0.29) is 47.5 Å². The third-order valence-electron chi connectivity index (χ3n) is 11.4. The van der Waals surface area contributed by atoms with Gasteiger partial charge in [-0.1, -0.05) is 48.0 Å². The van der Waals surface area contributed by atoms with Gasteiger partial charge in [-0.3, -0.25) is 10.1 Å². The number of amides is 1. The second-order valence-corrected chi connectivity index (χ2v) is 15.2. The van der Waals surface area contributed by atoms with Crippen molar-refractivity contribution in [2.75, 3.05) is 39.2 Å². The fourth-order valence-corrected chi connectivity index (χ4v) is 8.50. The number of aliphatic hydroxyl groups excluding tert-OH is 2. The molecule has 4 aromatic rings. The molecule has 2 saturated carbocycles. The lowest BCUT2D eigenvalue weighted by Gasteiger charge is -2.43. The van der Waals surface area contributed by atoms with Crippen LogP contribution in [-0.2, 0) is 20.8 Å². The molecule has 0 saturated heterocycles. The van der Waals surface area contributed by atoms with E-state index >= 15 is 0 Å². The Morgan fingerprint density at radius 2 is 1.75 bits per heavy atom. The number of halogens is 1. The van der Waals surface area contributed by atoms with Gasteiger partial charge in [-0.15, -0.1) is 0 Å². The number of aromatic hydroxyl groups is 1. The van der Waals surface area contributed by atoms with E-state index in [1.165, 1.54) is 19.2 Å². The highest BCUT2D eigenvalue weighted by Gasteiger charge is 2.47. The van der Waals surface area contributed by atoms with E-state index in [1.807, 2.05) is 13.1 Å². The number of benzene rings is 3. The Kier molecular flexibility index (Phi) is 13.6. The summed E-state index contributed by atoms with van der Waals surface area (Å²) >= 11 is 6.55. The number of methoxy groups -OCH3 is 1. The van der Waals surface area contributed by atoms with Gasteiger partial charge in [0, 0.05) is 48.8 Å². The van der Waals surface area contributed by atoms with Crippen molar-refractivity contribution in [2.45, 2.75) is 81.8 Å². The summed E-state index contributed by atoms with van der Waals surface area (Å²) in [5, 5.41) is 38.5. The third kappa shape index (κ3) is 9.64. The number of pyridine rings is 1. The van der Waals surface area contributed by atoms with Crippen molar-refractivity contribution in [3.05, 3.63) is 98.8 Å². The average molecular weight is 791 g/mol. The quantitative estimate of drug-likeness (QED) is 0.0739. The summed E-state index contributed by atoms with van der Waals surface area (Å²) in [6.45, 7) is 1.15. The maximum absolute atomic E-state index is 13.1.